The van der Waals surface area contributed by atoms with Gasteiger partial charge in [-0.2, -0.15) is 0 Å². The number of rotatable bonds is 7. The minimum absolute atomic E-state index is 0.00132. The Balaban J connectivity index is 2.01. The molecule has 0 fully saturated rings. The summed E-state index contributed by atoms with van der Waals surface area (Å²) in [6, 6.07) is 8.13. The van der Waals surface area contributed by atoms with Crippen molar-refractivity contribution in [3.8, 4) is 0 Å². The molecular formula is C22H24ClN3O6S. The van der Waals surface area contributed by atoms with Crippen molar-refractivity contribution in [2.75, 3.05) is 23.3 Å². The van der Waals surface area contributed by atoms with E-state index in [1.165, 1.54) is 13.2 Å². The molecule has 1 aliphatic rings. The molecule has 2 N–H and O–H groups in total. The van der Waals surface area contributed by atoms with Crippen LogP contribution in [-0.4, -0.2) is 45.9 Å². The van der Waals surface area contributed by atoms with E-state index in [1.54, 1.807) is 44.2 Å². The van der Waals surface area contributed by atoms with Crippen LogP contribution in [0.3, 0.4) is 0 Å². The number of hydrogen-bond donors (Lipinski definition) is 2. The molecule has 0 saturated heterocycles. The molecule has 2 amide bonds. The standard InChI is InChI=1S/C22H24ClN3O6S/c1-13-11-19(14(2)10-15(13)23)33(30,31)26-17-7-5-4-6-16(17)25-22(29)18(26)12-20(27)24-9-8-21(28)32-3/h4-7,10-11,18H,8-9,12H2,1-3H3,(H,24,27)(H,25,29)/t18-/m1/s1. The summed E-state index contributed by atoms with van der Waals surface area (Å²) in [4.78, 5) is 36.7. The molecule has 2 aromatic rings. The van der Waals surface area contributed by atoms with Crippen LogP contribution in [0.5, 0.6) is 0 Å². The fourth-order valence-electron chi connectivity index (χ4n) is 3.53. The van der Waals surface area contributed by atoms with Crippen LogP contribution in [0.15, 0.2) is 41.3 Å². The van der Waals surface area contributed by atoms with Gasteiger partial charge in [0.1, 0.15) is 6.04 Å². The quantitative estimate of drug-likeness (QED) is 0.571. The zero-order valence-corrected chi connectivity index (χ0v) is 19.9. The maximum Gasteiger partial charge on any atom is 0.307 e. The number of anilines is 2. The van der Waals surface area contributed by atoms with Crippen molar-refractivity contribution in [2.45, 2.75) is 37.6 Å². The zero-order chi connectivity index (χ0) is 24.3. The Bertz CT molecular complexity index is 1210. The van der Waals surface area contributed by atoms with E-state index < -0.39 is 40.3 Å². The van der Waals surface area contributed by atoms with Crippen LogP contribution < -0.4 is 14.9 Å². The number of carbonyl (C=O) groups excluding carboxylic acids is 3. The maximum atomic E-state index is 13.8. The lowest BCUT2D eigenvalue weighted by atomic mass is 10.1. The van der Waals surface area contributed by atoms with Crippen molar-refractivity contribution in [3.05, 3.63) is 52.5 Å². The van der Waals surface area contributed by atoms with Crippen molar-refractivity contribution < 1.29 is 27.5 Å². The number of nitrogens with one attached hydrogen (secondary N) is 2. The predicted molar refractivity (Wildman–Crippen MR) is 124 cm³/mol. The molecular weight excluding hydrogens is 470 g/mol. The van der Waals surface area contributed by atoms with E-state index in [0.29, 0.717) is 21.8 Å². The molecule has 0 aliphatic carbocycles. The number of ether oxygens (including phenoxy) is 1. The summed E-state index contributed by atoms with van der Waals surface area (Å²) < 4.78 is 33.2. The van der Waals surface area contributed by atoms with Crippen LogP contribution in [0.4, 0.5) is 11.4 Å². The Hall–Kier alpha value is -3.11. The van der Waals surface area contributed by atoms with Gasteiger partial charge in [-0.1, -0.05) is 23.7 Å². The third-order valence-corrected chi connectivity index (χ3v) is 7.61. The first-order valence-corrected chi connectivity index (χ1v) is 11.9. The van der Waals surface area contributed by atoms with Crippen LogP contribution >= 0.6 is 11.6 Å². The highest BCUT2D eigenvalue weighted by Gasteiger charge is 2.42. The number of aryl methyl sites for hydroxylation is 2. The fourth-order valence-corrected chi connectivity index (χ4v) is 5.67. The van der Waals surface area contributed by atoms with Gasteiger partial charge in [-0.05, 0) is 49.2 Å². The highest BCUT2D eigenvalue weighted by Crippen LogP contribution is 2.38. The third kappa shape index (κ3) is 5.12. The summed E-state index contributed by atoms with van der Waals surface area (Å²) in [7, 11) is -3.02. The average molecular weight is 494 g/mol. The minimum atomic E-state index is -4.25. The summed E-state index contributed by atoms with van der Waals surface area (Å²) in [5.41, 5.74) is 1.54. The molecule has 0 aromatic heterocycles. The lowest BCUT2D eigenvalue weighted by Gasteiger charge is -2.37. The van der Waals surface area contributed by atoms with Crippen LogP contribution in [0, 0.1) is 13.8 Å². The molecule has 0 bridgehead atoms. The smallest absolute Gasteiger partial charge is 0.307 e. The monoisotopic (exact) mass is 493 g/mol. The second-order valence-corrected chi connectivity index (χ2v) is 9.76. The van der Waals surface area contributed by atoms with Crippen LogP contribution in [0.2, 0.25) is 5.02 Å². The van der Waals surface area contributed by atoms with Gasteiger partial charge in [-0.3, -0.25) is 18.7 Å². The molecule has 1 heterocycles. The first-order chi connectivity index (χ1) is 15.6. The first-order valence-electron chi connectivity index (χ1n) is 10.1. The number of nitrogens with zero attached hydrogens (tertiary/aromatic N) is 1. The second-order valence-electron chi connectivity index (χ2n) is 7.57. The number of benzene rings is 2. The summed E-state index contributed by atoms with van der Waals surface area (Å²) in [6.45, 7) is 3.30. The Kier molecular flexibility index (Phi) is 7.28. The number of fused-ring (bicyclic) bond motifs is 1. The molecule has 0 radical (unpaired) electrons. The van der Waals surface area contributed by atoms with Crippen LogP contribution in [0.1, 0.15) is 24.0 Å². The summed E-state index contributed by atoms with van der Waals surface area (Å²) in [6.07, 6.45) is -0.487. The SMILES string of the molecule is COC(=O)CCNC(=O)C[C@@H]1C(=O)Nc2ccccc2N1S(=O)(=O)c1cc(C)c(Cl)cc1C. The van der Waals surface area contributed by atoms with Crippen LogP contribution in [-0.2, 0) is 29.1 Å². The summed E-state index contributed by atoms with van der Waals surface area (Å²) in [5.74, 6) is -1.72. The number of hydrogen-bond acceptors (Lipinski definition) is 6. The largest absolute Gasteiger partial charge is 0.469 e. The number of methoxy groups -OCH3 is 1. The fraction of sp³-hybridized carbons (Fsp3) is 0.318. The average Bonchev–Trinajstić information content (AvgIpc) is 2.76. The predicted octanol–water partition coefficient (Wildman–Crippen LogP) is 2.54. The molecule has 176 valence electrons. The van der Waals surface area contributed by atoms with E-state index >= 15 is 0 Å². The van der Waals surface area contributed by atoms with Crippen molar-refractivity contribution >= 4 is 50.8 Å². The van der Waals surface area contributed by atoms with Gasteiger partial charge in [-0.15, -0.1) is 0 Å². The number of para-hydroxylation sites is 2. The second kappa shape index (κ2) is 9.80. The van der Waals surface area contributed by atoms with Gasteiger partial charge in [-0.25, -0.2) is 8.42 Å². The highest BCUT2D eigenvalue weighted by atomic mass is 35.5. The van der Waals surface area contributed by atoms with Gasteiger partial charge >= 0.3 is 5.97 Å². The van der Waals surface area contributed by atoms with Crippen molar-refractivity contribution in [2.24, 2.45) is 0 Å². The van der Waals surface area contributed by atoms with Gasteiger partial charge < -0.3 is 15.4 Å². The third-order valence-electron chi connectivity index (χ3n) is 5.24. The number of amides is 2. The minimum Gasteiger partial charge on any atom is -0.469 e. The van der Waals surface area contributed by atoms with Gasteiger partial charge in [0.05, 0.1) is 36.2 Å². The Labute approximate surface area is 197 Å². The van der Waals surface area contributed by atoms with Gasteiger partial charge in [0.25, 0.3) is 10.0 Å². The number of halogens is 1. The van der Waals surface area contributed by atoms with Gasteiger partial charge in [0.2, 0.25) is 11.8 Å². The van der Waals surface area contributed by atoms with E-state index in [1.807, 2.05) is 0 Å². The number of esters is 1. The van der Waals surface area contributed by atoms with E-state index in [2.05, 4.69) is 15.4 Å². The first kappa shape index (κ1) is 24.5. The molecule has 1 aliphatic heterocycles. The molecule has 33 heavy (non-hydrogen) atoms. The van der Waals surface area contributed by atoms with E-state index in [4.69, 9.17) is 11.6 Å². The lowest BCUT2D eigenvalue weighted by molar-refractivity contribution is -0.140. The Morgan fingerprint density at radius 1 is 1.18 bits per heavy atom. The lowest BCUT2D eigenvalue weighted by Crippen LogP contribution is -2.53. The molecule has 9 nitrogen and oxygen atoms in total. The van der Waals surface area contributed by atoms with Crippen LogP contribution in [0.25, 0.3) is 0 Å². The van der Waals surface area contributed by atoms with Gasteiger partial charge in [0.15, 0.2) is 0 Å². The van der Waals surface area contributed by atoms with Gasteiger partial charge in [0, 0.05) is 11.6 Å². The van der Waals surface area contributed by atoms with Crippen molar-refractivity contribution in [3.63, 3.8) is 0 Å². The molecule has 1 atom stereocenters. The van der Waals surface area contributed by atoms with E-state index in [-0.39, 0.29) is 23.5 Å². The summed E-state index contributed by atoms with van der Waals surface area (Å²) in [5, 5.41) is 5.61. The number of sulfonamides is 1. The molecule has 0 unspecified atom stereocenters. The Morgan fingerprint density at radius 2 is 1.88 bits per heavy atom. The van der Waals surface area contributed by atoms with Crippen molar-refractivity contribution in [1.29, 1.82) is 0 Å². The Morgan fingerprint density at radius 3 is 2.58 bits per heavy atom. The van der Waals surface area contributed by atoms with E-state index in [0.717, 1.165) is 4.31 Å². The molecule has 0 saturated carbocycles. The number of carbonyl (C=O) groups is 3. The summed E-state index contributed by atoms with van der Waals surface area (Å²) >= 11 is 6.15. The zero-order valence-electron chi connectivity index (χ0n) is 18.3. The topological polar surface area (TPSA) is 122 Å². The molecule has 3 rings (SSSR count). The molecule has 2 aromatic carbocycles. The molecule has 0 spiro atoms. The van der Waals surface area contributed by atoms with E-state index in [9.17, 15) is 22.8 Å². The molecule has 11 heteroatoms. The highest BCUT2D eigenvalue weighted by molar-refractivity contribution is 7.93. The van der Waals surface area contributed by atoms with Crippen molar-refractivity contribution in [1.82, 2.24) is 5.32 Å². The maximum absolute atomic E-state index is 13.8. The normalized spacial score (nSPS) is 15.5.